The number of hydrogen-bond acceptors (Lipinski definition) is 4. The summed E-state index contributed by atoms with van der Waals surface area (Å²) in [6.07, 6.45) is 6.37. The summed E-state index contributed by atoms with van der Waals surface area (Å²) in [6.45, 7) is 4.31. The van der Waals surface area contributed by atoms with Crippen LogP contribution in [0.4, 0.5) is 0 Å². The fraction of sp³-hybridized carbons (Fsp3) is 0.355. The Hall–Kier alpha value is -3.44. The zero-order valence-electron chi connectivity index (χ0n) is 21.2. The van der Waals surface area contributed by atoms with Crippen molar-refractivity contribution in [3.05, 3.63) is 90.0 Å². The molecule has 1 N–H and O–H groups in total. The molecule has 2 atom stereocenters. The molecule has 5 nitrogen and oxygen atoms in total. The van der Waals surface area contributed by atoms with E-state index in [2.05, 4.69) is 13.8 Å². The molecule has 0 fully saturated rings. The van der Waals surface area contributed by atoms with E-state index in [0.717, 1.165) is 48.8 Å². The number of carboxylic acids is 1. The van der Waals surface area contributed by atoms with Gasteiger partial charge in [0.25, 0.3) is 0 Å². The first-order valence-electron chi connectivity index (χ1n) is 12.9. The highest BCUT2D eigenvalue weighted by Gasteiger charge is 2.27. The van der Waals surface area contributed by atoms with Crippen LogP contribution in [0.3, 0.4) is 0 Å². The summed E-state index contributed by atoms with van der Waals surface area (Å²) in [6, 6.07) is 23.7. The molecule has 0 radical (unpaired) electrons. The SMILES string of the molecule is CCCCCCC(CCC)OC(C(=O)Oc1ccc(C(=O)O)cc1)c1ccc(-c2ccccc2)cc1. The van der Waals surface area contributed by atoms with Crippen LogP contribution in [0, 0.1) is 0 Å². The van der Waals surface area contributed by atoms with Crippen LogP contribution in [0.2, 0.25) is 0 Å². The van der Waals surface area contributed by atoms with Gasteiger partial charge in [-0.2, -0.15) is 0 Å². The fourth-order valence-electron chi connectivity index (χ4n) is 4.18. The highest BCUT2D eigenvalue weighted by molar-refractivity contribution is 5.88. The molecule has 190 valence electrons. The van der Waals surface area contributed by atoms with E-state index in [-0.39, 0.29) is 17.4 Å². The van der Waals surface area contributed by atoms with Crippen molar-refractivity contribution in [1.29, 1.82) is 0 Å². The van der Waals surface area contributed by atoms with Crippen LogP contribution in [-0.4, -0.2) is 23.1 Å². The van der Waals surface area contributed by atoms with Gasteiger partial charge in [-0.1, -0.05) is 101 Å². The second kappa shape index (κ2) is 14.2. The Morgan fingerprint density at radius 1 is 0.750 bits per heavy atom. The number of unbranched alkanes of at least 4 members (excludes halogenated alkanes) is 3. The van der Waals surface area contributed by atoms with E-state index >= 15 is 0 Å². The van der Waals surface area contributed by atoms with Crippen molar-refractivity contribution in [3.63, 3.8) is 0 Å². The Morgan fingerprint density at radius 3 is 2.03 bits per heavy atom. The molecule has 0 aliphatic rings. The molecule has 2 unspecified atom stereocenters. The first-order valence-corrected chi connectivity index (χ1v) is 12.9. The van der Waals surface area contributed by atoms with Crippen molar-refractivity contribution in [2.24, 2.45) is 0 Å². The minimum Gasteiger partial charge on any atom is -0.478 e. The molecule has 5 heteroatoms. The molecule has 0 aliphatic carbocycles. The molecular formula is C31H36O5. The maximum absolute atomic E-state index is 13.3. The Balaban J connectivity index is 1.82. The smallest absolute Gasteiger partial charge is 0.345 e. The van der Waals surface area contributed by atoms with E-state index in [4.69, 9.17) is 14.6 Å². The Kier molecular flexibility index (Phi) is 10.7. The molecule has 3 aromatic rings. The number of esters is 1. The minimum absolute atomic E-state index is 0.0485. The molecule has 36 heavy (non-hydrogen) atoms. The average molecular weight is 489 g/mol. The monoisotopic (exact) mass is 488 g/mol. The lowest BCUT2D eigenvalue weighted by Crippen LogP contribution is -2.26. The Bertz CT molecular complexity index is 1070. The van der Waals surface area contributed by atoms with Gasteiger partial charge in [-0.3, -0.25) is 0 Å². The zero-order chi connectivity index (χ0) is 25.8. The average Bonchev–Trinajstić information content (AvgIpc) is 2.90. The number of carboxylic acid groups (broad SMARTS) is 1. The summed E-state index contributed by atoms with van der Waals surface area (Å²) in [4.78, 5) is 24.5. The van der Waals surface area contributed by atoms with Crippen molar-refractivity contribution in [2.75, 3.05) is 0 Å². The molecule has 0 saturated carbocycles. The van der Waals surface area contributed by atoms with Crippen LogP contribution in [0.15, 0.2) is 78.9 Å². The summed E-state index contributed by atoms with van der Waals surface area (Å²) < 4.78 is 12.1. The lowest BCUT2D eigenvalue weighted by Gasteiger charge is -2.24. The van der Waals surface area contributed by atoms with Gasteiger partial charge < -0.3 is 14.6 Å². The van der Waals surface area contributed by atoms with Crippen molar-refractivity contribution in [2.45, 2.75) is 71.0 Å². The standard InChI is InChI=1S/C31H36O5/c1-3-5-6-10-14-27(11-4-2)35-29(31(34)36-28-21-19-26(20-22-28)30(32)33)25-17-15-24(16-18-25)23-12-8-7-9-13-23/h7-9,12-13,15-22,27,29H,3-6,10-11,14H2,1-2H3,(H,32,33). The second-order valence-corrected chi connectivity index (χ2v) is 9.01. The molecular weight excluding hydrogens is 452 g/mol. The van der Waals surface area contributed by atoms with Gasteiger partial charge in [0.1, 0.15) is 5.75 Å². The first kappa shape index (κ1) is 27.2. The minimum atomic E-state index is -1.03. The largest absolute Gasteiger partial charge is 0.478 e. The van der Waals surface area contributed by atoms with Crippen LogP contribution < -0.4 is 4.74 Å². The zero-order valence-corrected chi connectivity index (χ0v) is 21.2. The predicted molar refractivity (Wildman–Crippen MR) is 142 cm³/mol. The van der Waals surface area contributed by atoms with Gasteiger partial charge in [0.2, 0.25) is 0 Å². The van der Waals surface area contributed by atoms with E-state index in [1.807, 2.05) is 54.6 Å². The third kappa shape index (κ3) is 8.06. The van der Waals surface area contributed by atoms with Gasteiger partial charge >= 0.3 is 11.9 Å². The lowest BCUT2D eigenvalue weighted by molar-refractivity contribution is -0.152. The van der Waals surface area contributed by atoms with Crippen molar-refractivity contribution in [1.82, 2.24) is 0 Å². The normalized spacial score (nSPS) is 12.6. The number of rotatable bonds is 14. The number of carbonyl (C=O) groups is 2. The summed E-state index contributed by atoms with van der Waals surface area (Å²) in [5, 5.41) is 9.13. The molecule has 3 aromatic carbocycles. The van der Waals surface area contributed by atoms with Crippen molar-refractivity contribution in [3.8, 4) is 16.9 Å². The lowest BCUT2D eigenvalue weighted by atomic mass is 10.0. The summed E-state index contributed by atoms with van der Waals surface area (Å²) in [5.74, 6) is -1.26. The molecule has 0 heterocycles. The topological polar surface area (TPSA) is 72.8 Å². The van der Waals surface area contributed by atoms with Gasteiger partial charge in [-0.05, 0) is 53.8 Å². The fourth-order valence-corrected chi connectivity index (χ4v) is 4.18. The van der Waals surface area contributed by atoms with Crippen molar-refractivity contribution < 1.29 is 24.2 Å². The van der Waals surface area contributed by atoms with Gasteiger partial charge in [-0.25, -0.2) is 9.59 Å². The van der Waals surface area contributed by atoms with Crippen LogP contribution in [0.5, 0.6) is 5.75 Å². The number of ether oxygens (including phenoxy) is 2. The van der Waals surface area contributed by atoms with E-state index in [9.17, 15) is 9.59 Å². The van der Waals surface area contributed by atoms with E-state index in [1.54, 1.807) is 0 Å². The van der Waals surface area contributed by atoms with E-state index in [0.29, 0.717) is 0 Å². The maximum Gasteiger partial charge on any atom is 0.345 e. The molecule has 3 rings (SSSR count). The number of benzene rings is 3. The van der Waals surface area contributed by atoms with Gasteiger partial charge in [0.05, 0.1) is 11.7 Å². The third-order valence-electron chi connectivity index (χ3n) is 6.17. The second-order valence-electron chi connectivity index (χ2n) is 9.01. The number of aromatic carboxylic acids is 1. The molecule has 0 aromatic heterocycles. The Morgan fingerprint density at radius 2 is 1.42 bits per heavy atom. The molecule has 0 amide bonds. The molecule has 0 aliphatic heterocycles. The van der Waals surface area contributed by atoms with Gasteiger partial charge in [0, 0.05) is 0 Å². The molecule has 0 spiro atoms. The molecule has 0 saturated heterocycles. The van der Waals surface area contributed by atoms with Crippen LogP contribution in [0.1, 0.15) is 80.8 Å². The summed E-state index contributed by atoms with van der Waals surface area (Å²) in [7, 11) is 0. The number of hydrogen-bond donors (Lipinski definition) is 1. The van der Waals surface area contributed by atoms with E-state index < -0.39 is 18.0 Å². The van der Waals surface area contributed by atoms with E-state index in [1.165, 1.54) is 37.1 Å². The van der Waals surface area contributed by atoms with Crippen LogP contribution >= 0.6 is 0 Å². The van der Waals surface area contributed by atoms with Crippen LogP contribution in [0.25, 0.3) is 11.1 Å². The first-order chi connectivity index (χ1) is 17.5. The van der Waals surface area contributed by atoms with Gasteiger partial charge in [0.15, 0.2) is 6.10 Å². The highest BCUT2D eigenvalue weighted by atomic mass is 16.6. The summed E-state index contributed by atoms with van der Waals surface area (Å²) in [5.41, 5.74) is 3.02. The Labute approximate surface area is 214 Å². The maximum atomic E-state index is 13.3. The van der Waals surface area contributed by atoms with Crippen molar-refractivity contribution >= 4 is 11.9 Å². The van der Waals surface area contributed by atoms with Gasteiger partial charge in [-0.15, -0.1) is 0 Å². The van der Waals surface area contributed by atoms with Crippen LogP contribution in [-0.2, 0) is 9.53 Å². The number of carbonyl (C=O) groups excluding carboxylic acids is 1. The third-order valence-corrected chi connectivity index (χ3v) is 6.17. The summed E-state index contributed by atoms with van der Waals surface area (Å²) >= 11 is 0. The highest BCUT2D eigenvalue weighted by Crippen LogP contribution is 2.28. The quantitative estimate of drug-likeness (QED) is 0.142. The molecule has 0 bridgehead atoms. The predicted octanol–water partition coefficient (Wildman–Crippen LogP) is 7.85.